The molecule has 0 saturated carbocycles. The van der Waals surface area contributed by atoms with Crippen molar-refractivity contribution >= 4 is 9.24 Å². The van der Waals surface area contributed by atoms with Gasteiger partial charge in [-0.15, -0.1) is 9.24 Å². The van der Waals surface area contributed by atoms with Gasteiger partial charge in [-0.05, 0) is 25.0 Å². The van der Waals surface area contributed by atoms with Gasteiger partial charge in [-0.25, -0.2) is 0 Å². The molecule has 66 valence electrons. The van der Waals surface area contributed by atoms with Gasteiger partial charge in [0.25, 0.3) is 0 Å². The number of allylic oxidation sites excluding steroid dienone is 1. The minimum Gasteiger partial charge on any atom is -0.380 e. The van der Waals surface area contributed by atoms with Crippen LogP contribution >= 0.6 is 9.24 Å². The van der Waals surface area contributed by atoms with Crippen LogP contribution in [-0.2, 0) is 0 Å². The molecular formula is C9H20NP. The van der Waals surface area contributed by atoms with Crippen molar-refractivity contribution in [1.82, 2.24) is 4.90 Å². The lowest BCUT2D eigenvalue weighted by Gasteiger charge is -2.15. The van der Waals surface area contributed by atoms with Gasteiger partial charge in [-0.1, -0.05) is 19.7 Å². The van der Waals surface area contributed by atoms with Crippen molar-refractivity contribution in [2.24, 2.45) is 5.92 Å². The first-order valence-electron chi connectivity index (χ1n) is 4.23. The molecule has 0 amide bonds. The Morgan fingerprint density at radius 2 is 2.09 bits per heavy atom. The van der Waals surface area contributed by atoms with E-state index in [0.29, 0.717) is 0 Å². The molecular weight excluding hydrogens is 153 g/mol. The van der Waals surface area contributed by atoms with Gasteiger partial charge >= 0.3 is 0 Å². The molecule has 0 bridgehead atoms. The Hall–Kier alpha value is -0.0300. The summed E-state index contributed by atoms with van der Waals surface area (Å²) in [5.74, 6) is 0.866. The largest absolute Gasteiger partial charge is 0.380 e. The lowest BCUT2D eigenvalue weighted by atomic mass is 10.1. The molecule has 2 atom stereocenters. The smallest absolute Gasteiger partial charge is 0.0194 e. The SMILES string of the molecule is CC1CCC=CN(C)C1.CP. The van der Waals surface area contributed by atoms with Gasteiger partial charge in [-0.3, -0.25) is 0 Å². The first-order chi connectivity index (χ1) is 5.29. The number of rotatable bonds is 0. The summed E-state index contributed by atoms with van der Waals surface area (Å²) in [7, 11) is 4.55. The molecule has 0 aromatic carbocycles. The molecule has 1 aliphatic heterocycles. The van der Waals surface area contributed by atoms with Crippen molar-refractivity contribution in [2.75, 3.05) is 20.3 Å². The number of hydrogen-bond donors (Lipinski definition) is 0. The molecule has 0 fully saturated rings. The van der Waals surface area contributed by atoms with E-state index in [1.165, 1.54) is 19.4 Å². The predicted molar refractivity (Wildman–Crippen MR) is 55.8 cm³/mol. The normalized spacial score (nSPS) is 23.6. The van der Waals surface area contributed by atoms with Crippen LogP contribution in [0.15, 0.2) is 12.3 Å². The van der Waals surface area contributed by atoms with E-state index >= 15 is 0 Å². The number of nitrogens with zero attached hydrogens (tertiary/aromatic N) is 1. The van der Waals surface area contributed by atoms with Crippen LogP contribution in [-0.4, -0.2) is 25.2 Å². The zero-order valence-corrected chi connectivity index (χ0v) is 9.03. The molecule has 1 aliphatic rings. The topological polar surface area (TPSA) is 3.24 Å². The summed E-state index contributed by atoms with van der Waals surface area (Å²) in [5.41, 5.74) is 0. The van der Waals surface area contributed by atoms with Crippen LogP contribution in [0.25, 0.3) is 0 Å². The average molecular weight is 173 g/mol. The molecule has 1 rings (SSSR count). The van der Waals surface area contributed by atoms with Gasteiger partial charge in [0.15, 0.2) is 0 Å². The Kier molecular flexibility index (Phi) is 6.65. The van der Waals surface area contributed by atoms with Gasteiger partial charge in [0.05, 0.1) is 0 Å². The molecule has 2 heteroatoms. The third-order valence-corrected chi connectivity index (χ3v) is 1.79. The van der Waals surface area contributed by atoms with E-state index in [1.54, 1.807) is 0 Å². The van der Waals surface area contributed by atoms with Crippen molar-refractivity contribution in [3.05, 3.63) is 12.3 Å². The molecule has 0 aromatic rings. The van der Waals surface area contributed by atoms with Crippen LogP contribution in [0.5, 0.6) is 0 Å². The summed E-state index contributed by atoms with van der Waals surface area (Å²) in [6.45, 7) is 5.44. The molecule has 0 aromatic heterocycles. The molecule has 0 saturated heterocycles. The fourth-order valence-electron chi connectivity index (χ4n) is 1.28. The second kappa shape index (κ2) is 6.67. The summed E-state index contributed by atoms with van der Waals surface area (Å²) in [6, 6.07) is 0. The second-order valence-corrected chi connectivity index (χ2v) is 3.01. The van der Waals surface area contributed by atoms with Crippen molar-refractivity contribution in [1.29, 1.82) is 0 Å². The van der Waals surface area contributed by atoms with Gasteiger partial charge in [-0.2, -0.15) is 0 Å². The highest BCUT2D eigenvalue weighted by Crippen LogP contribution is 2.11. The molecule has 2 unspecified atom stereocenters. The summed E-state index contributed by atoms with van der Waals surface area (Å²) in [6.07, 6.45) is 7.04. The van der Waals surface area contributed by atoms with E-state index in [9.17, 15) is 0 Å². The lowest BCUT2D eigenvalue weighted by molar-refractivity contribution is 0.373. The van der Waals surface area contributed by atoms with E-state index < -0.39 is 0 Å². The molecule has 0 spiro atoms. The maximum Gasteiger partial charge on any atom is 0.0194 e. The molecule has 1 heterocycles. The van der Waals surface area contributed by atoms with Gasteiger partial charge in [0.1, 0.15) is 0 Å². The quantitative estimate of drug-likeness (QED) is 0.508. The van der Waals surface area contributed by atoms with Crippen LogP contribution in [0.1, 0.15) is 19.8 Å². The van der Waals surface area contributed by atoms with E-state index in [-0.39, 0.29) is 0 Å². The van der Waals surface area contributed by atoms with Crippen LogP contribution in [0, 0.1) is 5.92 Å². The zero-order chi connectivity index (χ0) is 8.69. The second-order valence-electron chi connectivity index (χ2n) is 3.01. The Balaban J connectivity index is 0.000000461. The van der Waals surface area contributed by atoms with Crippen molar-refractivity contribution in [2.45, 2.75) is 19.8 Å². The van der Waals surface area contributed by atoms with Gasteiger partial charge in [0.2, 0.25) is 0 Å². The Morgan fingerprint density at radius 1 is 1.45 bits per heavy atom. The first kappa shape index (κ1) is 11.0. The highest BCUT2D eigenvalue weighted by atomic mass is 31.0. The summed E-state index contributed by atoms with van der Waals surface area (Å²) in [5, 5.41) is 0. The highest BCUT2D eigenvalue weighted by Gasteiger charge is 2.04. The molecule has 11 heavy (non-hydrogen) atoms. The van der Waals surface area contributed by atoms with E-state index in [1.807, 2.05) is 6.66 Å². The maximum atomic E-state index is 2.42. The van der Waals surface area contributed by atoms with Crippen LogP contribution in [0.2, 0.25) is 0 Å². The highest BCUT2D eigenvalue weighted by molar-refractivity contribution is 7.15. The Labute approximate surface area is 73.1 Å². The minimum atomic E-state index is 0.866. The third-order valence-electron chi connectivity index (χ3n) is 1.79. The van der Waals surface area contributed by atoms with Crippen molar-refractivity contribution in [3.63, 3.8) is 0 Å². The molecule has 0 radical (unpaired) electrons. The van der Waals surface area contributed by atoms with Gasteiger partial charge < -0.3 is 4.90 Å². The van der Waals surface area contributed by atoms with Gasteiger partial charge in [0, 0.05) is 13.6 Å². The van der Waals surface area contributed by atoms with E-state index in [4.69, 9.17) is 0 Å². The Bertz CT molecular complexity index is 112. The fourth-order valence-corrected chi connectivity index (χ4v) is 1.28. The summed E-state index contributed by atoms with van der Waals surface area (Å²) >= 11 is 0. The fraction of sp³-hybridized carbons (Fsp3) is 0.778. The van der Waals surface area contributed by atoms with Crippen LogP contribution in [0.4, 0.5) is 0 Å². The number of hydrogen-bond acceptors (Lipinski definition) is 1. The standard InChI is InChI=1S/C8H15N.CH5P/c1-8-5-3-4-6-9(2)7-8;1-2/h4,6,8H,3,5,7H2,1-2H3;2H2,1H3. The van der Waals surface area contributed by atoms with E-state index in [2.05, 4.69) is 40.4 Å². The maximum absolute atomic E-state index is 2.42. The molecule has 0 N–H and O–H groups in total. The van der Waals surface area contributed by atoms with Crippen LogP contribution in [0.3, 0.4) is 0 Å². The monoisotopic (exact) mass is 173 g/mol. The summed E-state index contributed by atoms with van der Waals surface area (Å²) in [4.78, 5) is 2.26. The van der Waals surface area contributed by atoms with Crippen molar-refractivity contribution < 1.29 is 0 Å². The average Bonchev–Trinajstić information content (AvgIpc) is 2.18. The van der Waals surface area contributed by atoms with Crippen molar-refractivity contribution in [3.8, 4) is 0 Å². The zero-order valence-electron chi connectivity index (χ0n) is 7.88. The lowest BCUT2D eigenvalue weighted by Crippen LogP contribution is -2.16. The van der Waals surface area contributed by atoms with Crippen LogP contribution < -0.4 is 0 Å². The first-order valence-corrected chi connectivity index (χ1v) is 5.39. The molecule has 0 aliphatic carbocycles. The Morgan fingerprint density at radius 3 is 2.73 bits per heavy atom. The predicted octanol–water partition coefficient (Wildman–Crippen LogP) is 2.35. The minimum absolute atomic E-state index is 0.866. The molecule has 1 nitrogen and oxygen atoms in total. The van der Waals surface area contributed by atoms with E-state index in [0.717, 1.165) is 5.92 Å². The summed E-state index contributed by atoms with van der Waals surface area (Å²) < 4.78 is 0. The third kappa shape index (κ3) is 5.26.